The number of guanidine groups is 1. The second-order valence-corrected chi connectivity index (χ2v) is 8.19. The Balaban J connectivity index is 1.80. The molecule has 3 rings (SSSR count). The molecule has 0 saturated carbocycles. The van der Waals surface area contributed by atoms with Gasteiger partial charge in [-0.1, -0.05) is 66.7 Å². The third kappa shape index (κ3) is 5.74. The van der Waals surface area contributed by atoms with Crippen molar-refractivity contribution in [2.45, 2.75) is 26.2 Å². The molecule has 33 heavy (non-hydrogen) atoms. The lowest BCUT2D eigenvalue weighted by Gasteiger charge is -2.23. The maximum atomic E-state index is 12.8. The topological polar surface area (TPSA) is 105 Å². The maximum absolute atomic E-state index is 12.8. The zero-order valence-corrected chi connectivity index (χ0v) is 18.9. The van der Waals surface area contributed by atoms with Gasteiger partial charge in [0.15, 0.2) is 5.96 Å². The van der Waals surface area contributed by atoms with E-state index in [0.29, 0.717) is 11.3 Å². The fourth-order valence-corrected chi connectivity index (χ4v) is 3.32. The zero-order valence-electron chi connectivity index (χ0n) is 18.9. The van der Waals surface area contributed by atoms with Crippen LogP contribution in [-0.4, -0.2) is 17.8 Å². The van der Waals surface area contributed by atoms with Gasteiger partial charge in [0.1, 0.15) is 5.75 Å². The summed E-state index contributed by atoms with van der Waals surface area (Å²) in [7, 11) is 0. The van der Waals surface area contributed by atoms with Crippen molar-refractivity contribution in [3.63, 3.8) is 0 Å². The summed E-state index contributed by atoms with van der Waals surface area (Å²) in [6.07, 6.45) is 1.74. The predicted octanol–water partition coefficient (Wildman–Crippen LogP) is 4.65. The van der Waals surface area contributed by atoms with E-state index in [0.717, 1.165) is 22.3 Å². The van der Waals surface area contributed by atoms with Crippen molar-refractivity contribution < 1.29 is 14.3 Å². The van der Waals surface area contributed by atoms with E-state index in [2.05, 4.69) is 5.32 Å². The summed E-state index contributed by atoms with van der Waals surface area (Å²) in [4.78, 5) is 24.9. The van der Waals surface area contributed by atoms with Gasteiger partial charge in [-0.05, 0) is 61.2 Å². The number of benzene rings is 3. The molecule has 0 aliphatic carbocycles. The molecule has 0 aromatic heterocycles. The fourth-order valence-electron chi connectivity index (χ4n) is 3.32. The first kappa shape index (κ1) is 23.5. The maximum Gasteiger partial charge on any atom is 0.321 e. The highest BCUT2D eigenvalue weighted by molar-refractivity contribution is 6.06. The van der Waals surface area contributed by atoms with Crippen LogP contribution in [-0.2, 0) is 15.0 Å². The van der Waals surface area contributed by atoms with Gasteiger partial charge in [0.05, 0.1) is 5.41 Å². The number of nitrogens with one attached hydrogen (secondary N) is 2. The Bertz CT molecular complexity index is 1200. The molecule has 3 aromatic rings. The van der Waals surface area contributed by atoms with Crippen molar-refractivity contribution in [2.24, 2.45) is 5.73 Å². The number of rotatable bonds is 6. The molecule has 4 N–H and O–H groups in total. The molecule has 0 fully saturated rings. The van der Waals surface area contributed by atoms with Crippen molar-refractivity contribution in [3.8, 4) is 16.9 Å². The monoisotopic (exact) mass is 441 g/mol. The average molecular weight is 442 g/mol. The van der Waals surface area contributed by atoms with Crippen LogP contribution < -0.4 is 15.8 Å². The lowest BCUT2D eigenvalue weighted by molar-refractivity contribution is -0.139. The molecular weight excluding hydrogens is 414 g/mol. The standard InChI is InChI=1S/C27H27N3O3/c1-18(24(31)30-26(28)29)17-20-9-7-8-12-23(20)19-13-15-22(16-14-19)33-25(32)27(2,3)21-10-5-4-6-11-21/h4-17H,1-3H3,(H4,28,29,30,31)/b18-17+. The van der Waals surface area contributed by atoms with Crippen LogP contribution in [0.25, 0.3) is 17.2 Å². The zero-order chi connectivity index (χ0) is 24.0. The number of carbonyl (C=O) groups is 2. The van der Waals surface area contributed by atoms with E-state index in [1.165, 1.54) is 0 Å². The molecule has 0 bridgehead atoms. The second-order valence-electron chi connectivity index (χ2n) is 8.19. The van der Waals surface area contributed by atoms with Crippen molar-refractivity contribution in [1.82, 2.24) is 5.32 Å². The first-order valence-electron chi connectivity index (χ1n) is 10.5. The van der Waals surface area contributed by atoms with Crippen LogP contribution in [0, 0.1) is 5.41 Å². The predicted molar refractivity (Wildman–Crippen MR) is 131 cm³/mol. The molecule has 0 radical (unpaired) electrons. The van der Waals surface area contributed by atoms with Gasteiger partial charge in [-0.3, -0.25) is 20.3 Å². The van der Waals surface area contributed by atoms with Gasteiger partial charge >= 0.3 is 5.97 Å². The van der Waals surface area contributed by atoms with Crippen molar-refractivity contribution in [3.05, 3.63) is 95.6 Å². The molecule has 0 saturated heterocycles. The molecule has 0 aliphatic rings. The summed E-state index contributed by atoms with van der Waals surface area (Å²) in [6.45, 7) is 5.34. The van der Waals surface area contributed by atoms with Gasteiger partial charge in [0, 0.05) is 5.57 Å². The minimum Gasteiger partial charge on any atom is -0.426 e. The third-order valence-electron chi connectivity index (χ3n) is 5.32. The molecule has 0 heterocycles. The first-order chi connectivity index (χ1) is 15.7. The number of ether oxygens (including phenoxy) is 1. The van der Waals surface area contributed by atoms with Gasteiger partial charge < -0.3 is 10.5 Å². The summed E-state index contributed by atoms with van der Waals surface area (Å²) in [5, 5.41) is 9.49. The Morgan fingerprint density at radius 1 is 0.939 bits per heavy atom. The summed E-state index contributed by atoms with van der Waals surface area (Å²) < 4.78 is 5.65. The molecule has 6 nitrogen and oxygen atoms in total. The van der Waals surface area contributed by atoms with E-state index in [4.69, 9.17) is 15.9 Å². The van der Waals surface area contributed by atoms with Crippen molar-refractivity contribution in [1.29, 1.82) is 5.41 Å². The molecule has 0 atom stereocenters. The van der Waals surface area contributed by atoms with Crippen molar-refractivity contribution in [2.75, 3.05) is 0 Å². The summed E-state index contributed by atoms with van der Waals surface area (Å²) in [6, 6.07) is 24.4. The largest absolute Gasteiger partial charge is 0.426 e. The summed E-state index contributed by atoms with van der Waals surface area (Å²) in [5.41, 5.74) is 8.42. The van der Waals surface area contributed by atoms with Crippen LogP contribution in [0.15, 0.2) is 84.4 Å². The molecule has 3 aromatic carbocycles. The quantitative estimate of drug-likeness (QED) is 0.170. The van der Waals surface area contributed by atoms with Gasteiger partial charge in [0.25, 0.3) is 5.91 Å². The molecule has 1 amide bonds. The normalized spacial score (nSPS) is 11.5. The molecule has 0 aliphatic heterocycles. The molecule has 168 valence electrons. The van der Waals surface area contributed by atoms with Gasteiger partial charge in [0.2, 0.25) is 0 Å². The average Bonchev–Trinajstić information content (AvgIpc) is 2.80. The summed E-state index contributed by atoms with van der Waals surface area (Å²) >= 11 is 0. The minimum absolute atomic E-state index is 0.336. The highest BCUT2D eigenvalue weighted by Crippen LogP contribution is 2.29. The summed E-state index contributed by atoms with van der Waals surface area (Å²) in [5.74, 6) is -0.711. The van der Waals surface area contributed by atoms with Gasteiger partial charge in [-0.25, -0.2) is 0 Å². The van der Waals surface area contributed by atoms with E-state index >= 15 is 0 Å². The minimum atomic E-state index is -0.782. The fraction of sp³-hybridized carbons (Fsp3) is 0.148. The Labute approximate surface area is 193 Å². The Hall–Kier alpha value is -4.19. The highest BCUT2D eigenvalue weighted by atomic mass is 16.5. The lowest BCUT2D eigenvalue weighted by Crippen LogP contribution is -2.36. The van der Waals surface area contributed by atoms with Crippen LogP contribution in [0.1, 0.15) is 31.9 Å². The van der Waals surface area contributed by atoms with Crippen LogP contribution in [0.4, 0.5) is 0 Å². The smallest absolute Gasteiger partial charge is 0.321 e. The number of amides is 1. The third-order valence-corrected chi connectivity index (χ3v) is 5.32. The number of esters is 1. The van der Waals surface area contributed by atoms with E-state index in [9.17, 15) is 9.59 Å². The van der Waals surface area contributed by atoms with Crippen LogP contribution in [0.2, 0.25) is 0 Å². The van der Waals surface area contributed by atoms with E-state index < -0.39 is 17.3 Å². The molecule has 6 heteroatoms. The van der Waals surface area contributed by atoms with Crippen LogP contribution in [0.5, 0.6) is 5.75 Å². The Morgan fingerprint density at radius 2 is 1.55 bits per heavy atom. The molecular formula is C27H27N3O3. The van der Waals surface area contributed by atoms with Crippen molar-refractivity contribution >= 4 is 23.9 Å². The Kier molecular flexibility index (Phi) is 7.08. The number of hydrogen-bond donors (Lipinski definition) is 3. The van der Waals surface area contributed by atoms with E-state index in [-0.39, 0.29) is 5.97 Å². The highest BCUT2D eigenvalue weighted by Gasteiger charge is 2.31. The van der Waals surface area contributed by atoms with Crippen LogP contribution >= 0.6 is 0 Å². The van der Waals surface area contributed by atoms with Gasteiger partial charge in [-0.2, -0.15) is 0 Å². The number of nitrogens with two attached hydrogens (primary N) is 1. The van der Waals surface area contributed by atoms with E-state index in [1.807, 2.05) is 80.6 Å². The SMILES string of the molecule is C/C(=C\c1ccccc1-c1ccc(OC(=O)C(C)(C)c2ccccc2)cc1)C(=O)NC(=N)N. The lowest BCUT2D eigenvalue weighted by atomic mass is 9.85. The van der Waals surface area contributed by atoms with E-state index in [1.54, 1.807) is 25.1 Å². The molecule has 0 unspecified atom stereocenters. The Morgan fingerprint density at radius 3 is 2.18 bits per heavy atom. The first-order valence-corrected chi connectivity index (χ1v) is 10.5. The number of hydrogen-bond acceptors (Lipinski definition) is 4. The number of carbonyl (C=O) groups excluding carboxylic acids is 2. The molecule has 0 spiro atoms. The second kappa shape index (κ2) is 9.96. The van der Waals surface area contributed by atoms with Gasteiger partial charge in [-0.15, -0.1) is 0 Å². The van der Waals surface area contributed by atoms with Crippen LogP contribution in [0.3, 0.4) is 0 Å².